The zero-order valence-electron chi connectivity index (χ0n) is 8.80. The van der Waals surface area contributed by atoms with E-state index >= 15 is 0 Å². The summed E-state index contributed by atoms with van der Waals surface area (Å²) in [4.78, 5) is 18.4. The van der Waals surface area contributed by atoms with Gasteiger partial charge in [0.25, 0.3) is 5.88 Å². The van der Waals surface area contributed by atoms with Crippen molar-refractivity contribution in [3.8, 4) is 11.6 Å². The first kappa shape index (κ1) is 12.6. The van der Waals surface area contributed by atoms with E-state index in [-0.39, 0.29) is 17.3 Å². The van der Waals surface area contributed by atoms with E-state index in [2.05, 4.69) is 9.97 Å². The summed E-state index contributed by atoms with van der Waals surface area (Å²) in [5, 5.41) is 9.63. The van der Waals surface area contributed by atoms with Crippen LogP contribution in [-0.2, 0) is 0 Å². The first-order valence-corrected chi connectivity index (χ1v) is 5.50. The summed E-state index contributed by atoms with van der Waals surface area (Å²) in [6.45, 7) is 0. The number of halogens is 2. The number of carbonyl (C=O) groups is 1. The molecule has 18 heavy (non-hydrogen) atoms. The standard InChI is InChI=1S/C11H6Cl2N2O3/c12-6-1-2-7(13)8(5-6)18-10-9(11(16)17)14-3-4-15-10/h1-5H,(H,16,17). The van der Waals surface area contributed by atoms with Crippen molar-refractivity contribution in [2.75, 3.05) is 0 Å². The van der Waals surface area contributed by atoms with Crippen LogP contribution in [0, 0.1) is 0 Å². The van der Waals surface area contributed by atoms with Gasteiger partial charge < -0.3 is 9.84 Å². The molecular weight excluding hydrogens is 279 g/mol. The molecule has 0 aliphatic heterocycles. The molecule has 1 heterocycles. The number of hydrogen-bond donors (Lipinski definition) is 1. The highest BCUT2D eigenvalue weighted by atomic mass is 35.5. The van der Waals surface area contributed by atoms with E-state index < -0.39 is 5.97 Å². The number of nitrogens with zero attached hydrogens (tertiary/aromatic N) is 2. The fraction of sp³-hybridized carbons (Fsp3) is 0. The predicted octanol–water partition coefficient (Wildman–Crippen LogP) is 3.27. The van der Waals surface area contributed by atoms with Crippen molar-refractivity contribution < 1.29 is 14.6 Å². The lowest BCUT2D eigenvalue weighted by atomic mass is 10.3. The molecule has 0 bridgehead atoms. The Kier molecular flexibility index (Phi) is 3.64. The third-order valence-electron chi connectivity index (χ3n) is 1.97. The maximum Gasteiger partial charge on any atom is 0.360 e. The smallest absolute Gasteiger partial charge is 0.360 e. The molecule has 1 aromatic carbocycles. The normalized spacial score (nSPS) is 10.1. The monoisotopic (exact) mass is 284 g/mol. The Bertz CT molecular complexity index is 605. The van der Waals surface area contributed by atoms with Gasteiger partial charge in [-0.2, -0.15) is 0 Å². The molecule has 0 fully saturated rings. The van der Waals surface area contributed by atoms with Crippen LogP contribution in [0.5, 0.6) is 11.6 Å². The van der Waals surface area contributed by atoms with E-state index in [0.717, 1.165) is 0 Å². The number of rotatable bonds is 3. The molecule has 0 radical (unpaired) electrons. The van der Waals surface area contributed by atoms with Crippen molar-refractivity contribution in [1.29, 1.82) is 0 Å². The van der Waals surface area contributed by atoms with Crippen LogP contribution in [0.2, 0.25) is 10.0 Å². The molecule has 0 saturated carbocycles. The van der Waals surface area contributed by atoms with E-state index in [0.29, 0.717) is 10.0 Å². The van der Waals surface area contributed by atoms with Gasteiger partial charge in [-0.1, -0.05) is 23.2 Å². The van der Waals surface area contributed by atoms with E-state index in [9.17, 15) is 4.79 Å². The van der Waals surface area contributed by atoms with Gasteiger partial charge in [0.15, 0.2) is 0 Å². The van der Waals surface area contributed by atoms with Gasteiger partial charge in [0.05, 0.1) is 5.02 Å². The molecule has 5 nitrogen and oxygen atoms in total. The van der Waals surface area contributed by atoms with Crippen LogP contribution in [0.15, 0.2) is 30.6 Å². The van der Waals surface area contributed by atoms with Crippen LogP contribution >= 0.6 is 23.2 Å². The third kappa shape index (κ3) is 2.69. The van der Waals surface area contributed by atoms with Gasteiger partial charge in [-0.25, -0.2) is 14.8 Å². The molecule has 0 unspecified atom stereocenters. The number of carboxylic acid groups (broad SMARTS) is 1. The van der Waals surface area contributed by atoms with E-state index in [1.54, 1.807) is 6.07 Å². The van der Waals surface area contributed by atoms with Gasteiger partial charge in [0, 0.05) is 23.5 Å². The number of aromatic carboxylic acids is 1. The molecule has 2 aromatic rings. The molecule has 0 saturated heterocycles. The second kappa shape index (κ2) is 5.20. The maximum absolute atomic E-state index is 10.9. The van der Waals surface area contributed by atoms with E-state index in [1.165, 1.54) is 24.5 Å². The maximum atomic E-state index is 10.9. The summed E-state index contributed by atoms with van der Waals surface area (Å²) in [6.07, 6.45) is 2.58. The average Bonchev–Trinajstić information content (AvgIpc) is 2.34. The highest BCUT2D eigenvalue weighted by molar-refractivity contribution is 6.34. The van der Waals surface area contributed by atoms with Crippen LogP contribution < -0.4 is 4.74 Å². The Labute approximate surface area is 112 Å². The molecule has 0 atom stereocenters. The Morgan fingerprint density at radius 1 is 1.22 bits per heavy atom. The van der Waals surface area contributed by atoms with Crippen LogP contribution in [0.25, 0.3) is 0 Å². The lowest BCUT2D eigenvalue weighted by Gasteiger charge is -2.08. The SMILES string of the molecule is O=C(O)c1nccnc1Oc1cc(Cl)ccc1Cl. The van der Waals surface area contributed by atoms with Gasteiger partial charge in [-0.3, -0.25) is 0 Å². The number of hydrogen-bond acceptors (Lipinski definition) is 4. The second-order valence-corrected chi connectivity index (χ2v) is 4.04. The number of carboxylic acids is 1. The topological polar surface area (TPSA) is 72.3 Å². The minimum absolute atomic E-state index is 0.144. The fourth-order valence-corrected chi connectivity index (χ4v) is 1.52. The van der Waals surface area contributed by atoms with Crippen molar-refractivity contribution in [1.82, 2.24) is 9.97 Å². The van der Waals surface area contributed by atoms with E-state index in [1.807, 2.05) is 0 Å². The zero-order valence-corrected chi connectivity index (χ0v) is 10.3. The van der Waals surface area contributed by atoms with Crippen molar-refractivity contribution in [3.05, 3.63) is 46.3 Å². The third-order valence-corrected chi connectivity index (χ3v) is 2.51. The second-order valence-electron chi connectivity index (χ2n) is 3.19. The molecule has 0 aliphatic carbocycles. The van der Waals surface area contributed by atoms with Crippen LogP contribution in [0.4, 0.5) is 0 Å². The summed E-state index contributed by atoms with van der Waals surface area (Å²) < 4.78 is 5.31. The highest BCUT2D eigenvalue weighted by Crippen LogP contribution is 2.31. The Balaban J connectivity index is 2.40. The summed E-state index contributed by atoms with van der Waals surface area (Å²) in [5.41, 5.74) is -0.298. The molecule has 0 amide bonds. The minimum Gasteiger partial charge on any atom is -0.476 e. The first-order chi connectivity index (χ1) is 8.58. The van der Waals surface area contributed by atoms with E-state index in [4.69, 9.17) is 33.0 Å². The van der Waals surface area contributed by atoms with Gasteiger partial charge in [-0.15, -0.1) is 0 Å². The number of ether oxygens (including phenoxy) is 1. The molecule has 1 aromatic heterocycles. The minimum atomic E-state index is -1.24. The Morgan fingerprint density at radius 3 is 2.67 bits per heavy atom. The molecule has 7 heteroatoms. The quantitative estimate of drug-likeness (QED) is 0.936. The van der Waals surface area contributed by atoms with Crippen LogP contribution in [-0.4, -0.2) is 21.0 Å². The van der Waals surface area contributed by atoms with Gasteiger partial charge in [0.2, 0.25) is 5.69 Å². The Morgan fingerprint density at radius 2 is 1.94 bits per heavy atom. The number of aromatic nitrogens is 2. The Hall–Kier alpha value is -1.85. The van der Waals surface area contributed by atoms with Crippen molar-refractivity contribution in [2.45, 2.75) is 0 Å². The summed E-state index contributed by atoms with van der Waals surface area (Å²) >= 11 is 11.7. The predicted molar refractivity (Wildman–Crippen MR) is 65.5 cm³/mol. The molecular formula is C11H6Cl2N2O3. The summed E-state index contributed by atoms with van der Waals surface area (Å²) in [5.74, 6) is -1.17. The van der Waals surface area contributed by atoms with Gasteiger partial charge >= 0.3 is 5.97 Å². The summed E-state index contributed by atoms with van der Waals surface area (Å²) in [7, 11) is 0. The van der Waals surface area contributed by atoms with Crippen molar-refractivity contribution in [2.24, 2.45) is 0 Å². The molecule has 92 valence electrons. The first-order valence-electron chi connectivity index (χ1n) is 4.75. The lowest BCUT2D eigenvalue weighted by molar-refractivity contribution is 0.0686. The molecule has 0 spiro atoms. The van der Waals surface area contributed by atoms with Gasteiger partial charge in [0.1, 0.15) is 5.75 Å². The zero-order chi connectivity index (χ0) is 13.1. The molecule has 1 N–H and O–H groups in total. The van der Waals surface area contributed by atoms with Crippen LogP contribution in [0.1, 0.15) is 10.5 Å². The highest BCUT2D eigenvalue weighted by Gasteiger charge is 2.16. The fourth-order valence-electron chi connectivity index (χ4n) is 1.21. The van der Waals surface area contributed by atoms with Crippen molar-refractivity contribution >= 4 is 29.2 Å². The average molecular weight is 285 g/mol. The number of benzene rings is 1. The van der Waals surface area contributed by atoms with Crippen LogP contribution in [0.3, 0.4) is 0 Å². The lowest BCUT2D eigenvalue weighted by Crippen LogP contribution is -2.04. The van der Waals surface area contributed by atoms with Crippen molar-refractivity contribution in [3.63, 3.8) is 0 Å². The summed E-state index contributed by atoms with van der Waals surface area (Å²) in [6, 6.07) is 4.59. The molecule has 2 rings (SSSR count). The van der Waals surface area contributed by atoms with Gasteiger partial charge in [-0.05, 0) is 12.1 Å². The molecule has 0 aliphatic rings. The largest absolute Gasteiger partial charge is 0.476 e.